The highest BCUT2D eigenvalue weighted by Crippen LogP contribution is 2.29. The van der Waals surface area contributed by atoms with E-state index in [1.165, 1.54) is 16.5 Å². The lowest BCUT2D eigenvalue weighted by Crippen LogP contribution is -2.39. The summed E-state index contributed by atoms with van der Waals surface area (Å²) in [5, 5.41) is 1.21. The van der Waals surface area contributed by atoms with E-state index in [-0.39, 0.29) is 6.09 Å². The van der Waals surface area contributed by atoms with Gasteiger partial charge in [0, 0.05) is 29.7 Å². The van der Waals surface area contributed by atoms with Gasteiger partial charge in [0.1, 0.15) is 5.60 Å². The van der Waals surface area contributed by atoms with Crippen LogP contribution in [0.25, 0.3) is 16.5 Å². The van der Waals surface area contributed by atoms with Crippen LogP contribution in [-0.4, -0.2) is 34.7 Å². The molecule has 4 heteroatoms. The van der Waals surface area contributed by atoms with Gasteiger partial charge in [-0.3, -0.25) is 0 Å². The van der Waals surface area contributed by atoms with Gasteiger partial charge in [-0.1, -0.05) is 18.2 Å². The topological polar surface area (TPSA) is 45.3 Å². The Morgan fingerprint density at radius 2 is 2.09 bits per heavy atom. The third-order valence-corrected chi connectivity index (χ3v) is 3.95. The maximum atomic E-state index is 12.3. The van der Waals surface area contributed by atoms with Gasteiger partial charge in [-0.15, -0.1) is 0 Å². The Kier molecular flexibility index (Phi) is 3.92. The molecule has 3 rings (SSSR count). The largest absolute Gasteiger partial charge is 0.444 e. The summed E-state index contributed by atoms with van der Waals surface area (Å²) in [7, 11) is 0. The molecule has 23 heavy (non-hydrogen) atoms. The Labute approximate surface area is 137 Å². The second-order valence-electron chi connectivity index (χ2n) is 7.14. The molecule has 0 saturated heterocycles. The second kappa shape index (κ2) is 5.76. The number of aromatic nitrogens is 1. The summed E-state index contributed by atoms with van der Waals surface area (Å²) in [6.45, 7) is 9.06. The van der Waals surface area contributed by atoms with Crippen LogP contribution >= 0.6 is 0 Å². The summed E-state index contributed by atoms with van der Waals surface area (Å²) < 4.78 is 5.51. The number of hydrogen-bond acceptors (Lipinski definition) is 2. The third-order valence-electron chi connectivity index (χ3n) is 3.95. The number of carbonyl (C=O) groups excluding carboxylic acids is 1. The number of benzene rings is 1. The van der Waals surface area contributed by atoms with Crippen LogP contribution in [0.2, 0.25) is 0 Å². The fraction of sp³-hybridized carbons (Fsp3) is 0.421. The van der Waals surface area contributed by atoms with Crippen molar-refractivity contribution in [2.24, 2.45) is 0 Å². The van der Waals surface area contributed by atoms with Crippen molar-refractivity contribution in [3.8, 4) is 0 Å². The average Bonchev–Trinajstić information content (AvgIpc) is 2.85. The summed E-state index contributed by atoms with van der Waals surface area (Å²) >= 11 is 0. The molecule has 4 nitrogen and oxygen atoms in total. The van der Waals surface area contributed by atoms with E-state index >= 15 is 0 Å². The lowest BCUT2D eigenvalue weighted by atomic mass is 9.98. The first-order valence-electron chi connectivity index (χ1n) is 8.09. The van der Waals surface area contributed by atoms with E-state index in [2.05, 4.69) is 42.2 Å². The number of H-pyrrole nitrogens is 1. The minimum Gasteiger partial charge on any atom is -0.444 e. The number of aromatic amines is 1. The molecule has 1 aromatic heterocycles. The van der Waals surface area contributed by atoms with Gasteiger partial charge < -0.3 is 14.6 Å². The predicted octanol–water partition coefficient (Wildman–Crippen LogP) is 4.50. The molecule has 0 radical (unpaired) electrons. The number of nitrogens with one attached hydrogen (secondary N) is 1. The maximum absolute atomic E-state index is 12.3. The Morgan fingerprint density at radius 3 is 2.83 bits per heavy atom. The van der Waals surface area contributed by atoms with Gasteiger partial charge in [0.15, 0.2) is 0 Å². The van der Waals surface area contributed by atoms with Crippen LogP contribution < -0.4 is 0 Å². The minimum atomic E-state index is -0.462. The molecule has 0 unspecified atom stereocenters. The first-order valence-corrected chi connectivity index (χ1v) is 8.09. The number of rotatable bonds is 1. The first-order chi connectivity index (χ1) is 10.8. The van der Waals surface area contributed by atoms with E-state index in [9.17, 15) is 4.79 Å². The summed E-state index contributed by atoms with van der Waals surface area (Å²) in [6, 6.07) is 8.43. The van der Waals surface area contributed by atoms with Crippen molar-refractivity contribution < 1.29 is 9.53 Å². The van der Waals surface area contributed by atoms with Crippen molar-refractivity contribution in [2.75, 3.05) is 13.1 Å². The zero-order valence-corrected chi connectivity index (χ0v) is 14.3. The highest BCUT2D eigenvalue weighted by molar-refractivity contribution is 5.93. The average molecular weight is 312 g/mol. The van der Waals surface area contributed by atoms with Gasteiger partial charge in [-0.2, -0.15) is 0 Å². The van der Waals surface area contributed by atoms with Crippen LogP contribution in [0.1, 0.15) is 38.4 Å². The Morgan fingerprint density at radius 1 is 1.30 bits per heavy atom. The quantitative estimate of drug-likeness (QED) is 0.842. The van der Waals surface area contributed by atoms with E-state index in [1.807, 2.05) is 20.8 Å². The summed E-state index contributed by atoms with van der Waals surface area (Å²) in [4.78, 5) is 17.5. The van der Waals surface area contributed by atoms with Crippen molar-refractivity contribution in [3.05, 3.63) is 41.6 Å². The number of aryl methyl sites for hydroxylation is 1. The van der Waals surface area contributed by atoms with Crippen LogP contribution in [0.4, 0.5) is 4.79 Å². The molecule has 0 fully saturated rings. The summed E-state index contributed by atoms with van der Waals surface area (Å²) in [5.41, 5.74) is 4.20. The second-order valence-corrected chi connectivity index (χ2v) is 7.14. The van der Waals surface area contributed by atoms with Crippen LogP contribution in [0.3, 0.4) is 0 Å². The molecule has 2 heterocycles. The minimum absolute atomic E-state index is 0.236. The summed E-state index contributed by atoms with van der Waals surface area (Å²) in [5.74, 6) is 0. The van der Waals surface area contributed by atoms with Crippen molar-refractivity contribution in [1.82, 2.24) is 9.88 Å². The highest BCUT2D eigenvalue weighted by atomic mass is 16.6. The Bertz CT molecular complexity index is 765. The molecule has 0 saturated carbocycles. The summed E-state index contributed by atoms with van der Waals surface area (Å²) in [6.07, 6.45) is 2.85. The van der Waals surface area contributed by atoms with E-state index in [1.54, 1.807) is 4.90 Å². The molecule has 0 spiro atoms. The van der Waals surface area contributed by atoms with Crippen LogP contribution in [0.5, 0.6) is 0 Å². The van der Waals surface area contributed by atoms with Crippen molar-refractivity contribution in [3.63, 3.8) is 0 Å². The van der Waals surface area contributed by atoms with Gasteiger partial charge >= 0.3 is 6.09 Å². The smallest absolute Gasteiger partial charge is 0.410 e. The molecule has 1 amide bonds. The molecule has 2 aromatic rings. The highest BCUT2D eigenvalue weighted by Gasteiger charge is 2.25. The number of nitrogens with zero attached hydrogens (tertiary/aromatic N) is 1. The van der Waals surface area contributed by atoms with Crippen LogP contribution in [0.15, 0.2) is 30.3 Å². The lowest BCUT2D eigenvalue weighted by Gasteiger charge is -2.30. The van der Waals surface area contributed by atoms with Gasteiger partial charge in [-0.05, 0) is 57.4 Å². The number of fused-ring (bicyclic) bond motifs is 1. The van der Waals surface area contributed by atoms with E-state index in [0.29, 0.717) is 13.1 Å². The monoisotopic (exact) mass is 312 g/mol. The molecule has 0 atom stereocenters. The zero-order valence-electron chi connectivity index (χ0n) is 14.3. The normalized spacial score (nSPS) is 15.7. The molecular formula is C19H24N2O2. The number of hydrogen-bond donors (Lipinski definition) is 1. The van der Waals surface area contributed by atoms with E-state index in [4.69, 9.17) is 4.74 Å². The molecule has 1 aromatic carbocycles. The van der Waals surface area contributed by atoms with Gasteiger partial charge in [0.2, 0.25) is 0 Å². The van der Waals surface area contributed by atoms with Crippen molar-refractivity contribution in [1.29, 1.82) is 0 Å². The predicted molar refractivity (Wildman–Crippen MR) is 93.4 cm³/mol. The molecule has 1 N–H and O–H groups in total. The van der Waals surface area contributed by atoms with Crippen LogP contribution in [0, 0.1) is 6.92 Å². The number of amides is 1. The molecule has 1 aliphatic heterocycles. The van der Waals surface area contributed by atoms with Crippen LogP contribution in [-0.2, 0) is 4.74 Å². The lowest BCUT2D eigenvalue weighted by molar-refractivity contribution is 0.0273. The molecule has 0 bridgehead atoms. The molecule has 122 valence electrons. The first kappa shape index (κ1) is 15.7. The SMILES string of the molecule is Cc1cc2c(C3=CCCN(C(=O)OC(C)(C)C)C3)cccc2[nH]1. The number of ether oxygens (including phenoxy) is 1. The Hall–Kier alpha value is -2.23. The third kappa shape index (κ3) is 3.41. The molecule has 1 aliphatic rings. The number of carbonyl (C=O) groups is 1. The van der Waals surface area contributed by atoms with E-state index in [0.717, 1.165) is 17.6 Å². The van der Waals surface area contributed by atoms with Gasteiger partial charge in [0.05, 0.1) is 0 Å². The molecule has 0 aliphatic carbocycles. The molecular weight excluding hydrogens is 288 g/mol. The van der Waals surface area contributed by atoms with Crippen molar-refractivity contribution in [2.45, 2.75) is 39.7 Å². The zero-order chi connectivity index (χ0) is 16.6. The maximum Gasteiger partial charge on any atom is 0.410 e. The van der Waals surface area contributed by atoms with Crippen molar-refractivity contribution >= 4 is 22.6 Å². The fourth-order valence-corrected chi connectivity index (χ4v) is 3.00. The van der Waals surface area contributed by atoms with E-state index < -0.39 is 5.60 Å². The van der Waals surface area contributed by atoms with Gasteiger partial charge in [0.25, 0.3) is 0 Å². The van der Waals surface area contributed by atoms with Gasteiger partial charge in [-0.25, -0.2) is 4.79 Å². The fourth-order valence-electron chi connectivity index (χ4n) is 3.00. The standard InChI is InChI=1S/C19H24N2O2/c1-13-11-16-15(8-5-9-17(16)20-13)14-7-6-10-21(12-14)18(22)23-19(2,3)4/h5,7-9,11,20H,6,10,12H2,1-4H3. The Balaban J connectivity index is 1.86.